The molecule has 0 N–H and O–H groups in total. The van der Waals surface area contributed by atoms with Gasteiger partial charge in [0.25, 0.3) is 15.6 Å². The first-order valence-electron chi connectivity index (χ1n) is 4.87. The first kappa shape index (κ1) is 15.0. The lowest BCUT2D eigenvalue weighted by atomic mass is 9.91. The molecule has 0 spiro atoms. The minimum Gasteiger partial charge on any atom is -0.360 e. The van der Waals surface area contributed by atoms with E-state index < -0.39 is 30.8 Å². The number of ketones is 1. The van der Waals surface area contributed by atoms with Gasteiger partial charge in [0.1, 0.15) is 0 Å². The molecular formula is C10H18N2O3S. The highest BCUT2D eigenvalue weighted by Gasteiger charge is 2.48. The summed E-state index contributed by atoms with van der Waals surface area (Å²) in [5, 5.41) is -0.771. The molecule has 0 atom stereocenters. The quantitative estimate of drug-likeness (QED) is 0.303. The van der Waals surface area contributed by atoms with Crippen LogP contribution in [0.15, 0.2) is 0 Å². The van der Waals surface area contributed by atoms with Crippen molar-refractivity contribution < 1.29 is 18.0 Å². The second-order valence-corrected chi connectivity index (χ2v) is 8.22. The van der Waals surface area contributed by atoms with Gasteiger partial charge in [0.2, 0.25) is 0 Å². The third kappa shape index (κ3) is 2.77. The van der Waals surface area contributed by atoms with Crippen LogP contribution in [-0.4, -0.2) is 28.8 Å². The van der Waals surface area contributed by atoms with E-state index in [2.05, 4.69) is 4.79 Å². The van der Waals surface area contributed by atoms with E-state index in [1.165, 1.54) is 20.8 Å². The van der Waals surface area contributed by atoms with Gasteiger partial charge in [-0.2, -0.15) is 0 Å². The Morgan fingerprint density at radius 3 is 1.62 bits per heavy atom. The van der Waals surface area contributed by atoms with Gasteiger partial charge in [0.15, 0.2) is 0 Å². The Morgan fingerprint density at radius 1 is 1.06 bits per heavy atom. The van der Waals surface area contributed by atoms with Gasteiger partial charge in [-0.05, 0) is 20.8 Å². The summed E-state index contributed by atoms with van der Waals surface area (Å²) in [4.78, 5) is 14.5. The zero-order chi connectivity index (χ0) is 13.4. The molecule has 16 heavy (non-hydrogen) atoms. The van der Waals surface area contributed by atoms with Crippen LogP contribution in [0.25, 0.3) is 5.53 Å². The monoisotopic (exact) mass is 246 g/mol. The molecule has 0 unspecified atom stereocenters. The molecule has 0 saturated heterocycles. The predicted octanol–water partition coefficient (Wildman–Crippen LogP) is 1.44. The average Bonchev–Trinajstić information content (AvgIpc) is 2.00. The molecule has 6 heteroatoms. The van der Waals surface area contributed by atoms with Gasteiger partial charge < -0.3 is 5.53 Å². The average molecular weight is 246 g/mol. The van der Waals surface area contributed by atoms with Gasteiger partial charge in [0, 0.05) is 5.41 Å². The smallest absolute Gasteiger partial charge is 0.360 e. The van der Waals surface area contributed by atoms with E-state index in [1.54, 1.807) is 20.8 Å². The summed E-state index contributed by atoms with van der Waals surface area (Å²) in [5.74, 6) is -0.690. The van der Waals surface area contributed by atoms with Crippen molar-refractivity contribution in [2.75, 3.05) is 0 Å². The second kappa shape index (κ2) is 4.11. The van der Waals surface area contributed by atoms with E-state index in [0.717, 1.165) is 0 Å². The number of carbonyl (C=O) groups excluding carboxylic acids is 1. The standard InChI is InChI=1S/C10H18N2O3S/c1-9(2,3)7(13)8(12-11)16(14,15)10(4,5)6/h1-6H3. The van der Waals surface area contributed by atoms with Crippen molar-refractivity contribution in [3.05, 3.63) is 5.53 Å². The van der Waals surface area contributed by atoms with E-state index in [1.807, 2.05) is 0 Å². The Morgan fingerprint density at radius 2 is 1.44 bits per heavy atom. The molecule has 0 rings (SSSR count). The van der Waals surface area contributed by atoms with Gasteiger partial charge in [-0.3, -0.25) is 4.79 Å². The number of sulfone groups is 1. The molecule has 0 aromatic carbocycles. The zero-order valence-corrected chi connectivity index (χ0v) is 11.3. The van der Waals surface area contributed by atoms with Crippen LogP contribution < -0.4 is 0 Å². The fraction of sp³-hybridized carbons (Fsp3) is 0.800. The van der Waals surface area contributed by atoms with Crippen molar-refractivity contribution in [2.45, 2.75) is 46.3 Å². The summed E-state index contributed by atoms with van der Waals surface area (Å²) in [6, 6.07) is 0. The molecule has 0 aliphatic heterocycles. The Kier molecular flexibility index (Phi) is 3.85. The highest BCUT2D eigenvalue weighted by molar-refractivity contribution is 8.09. The number of hydrogen-bond acceptors (Lipinski definition) is 3. The minimum atomic E-state index is -3.92. The summed E-state index contributed by atoms with van der Waals surface area (Å²) >= 11 is 0. The Balaban J connectivity index is 5.75. The lowest BCUT2D eigenvalue weighted by Gasteiger charge is -2.18. The summed E-state index contributed by atoms with van der Waals surface area (Å²) < 4.78 is 22.7. The molecule has 0 aliphatic rings. The Labute approximate surface area is 96.4 Å². The number of Topliss-reactive ketones (excluding diaryl/α,β-unsaturated/α-hetero) is 1. The van der Waals surface area contributed by atoms with Crippen molar-refractivity contribution >= 4 is 20.7 Å². The van der Waals surface area contributed by atoms with Crippen LogP contribution in [-0.2, 0) is 14.6 Å². The molecule has 92 valence electrons. The third-order valence-electron chi connectivity index (χ3n) is 2.03. The van der Waals surface area contributed by atoms with Crippen LogP contribution in [0.3, 0.4) is 0 Å². The van der Waals surface area contributed by atoms with Crippen molar-refractivity contribution in [1.82, 2.24) is 0 Å². The first-order valence-corrected chi connectivity index (χ1v) is 6.35. The van der Waals surface area contributed by atoms with E-state index in [9.17, 15) is 13.2 Å². The highest BCUT2D eigenvalue weighted by Crippen LogP contribution is 2.22. The van der Waals surface area contributed by atoms with E-state index >= 15 is 0 Å². The molecule has 0 aliphatic carbocycles. The van der Waals surface area contributed by atoms with E-state index in [4.69, 9.17) is 5.53 Å². The number of carbonyl (C=O) groups is 1. The first-order chi connectivity index (χ1) is 6.85. The summed E-state index contributed by atoms with van der Waals surface area (Å²) in [5.41, 5.74) is 7.84. The second-order valence-electron chi connectivity index (χ2n) is 5.60. The van der Waals surface area contributed by atoms with Gasteiger partial charge in [-0.1, -0.05) is 20.8 Å². The molecule has 0 heterocycles. The van der Waals surface area contributed by atoms with Gasteiger partial charge in [-0.25, -0.2) is 8.42 Å². The van der Waals surface area contributed by atoms with Crippen molar-refractivity contribution in [3.8, 4) is 0 Å². The molecule has 0 aromatic heterocycles. The normalized spacial score (nSPS) is 13.1. The van der Waals surface area contributed by atoms with Gasteiger partial charge >= 0.3 is 5.04 Å². The van der Waals surface area contributed by atoms with E-state index in [-0.39, 0.29) is 0 Å². The summed E-state index contributed by atoms with van der Waals surface area (Å²) in [7, 11) is -3.92. The summed E-state index contributed by atoms with van der Waals surface area (Å²) in [6.45, 7) is 9.05. The molecule has 0 saturated carbocycles. The Hall–Kier alpha value is -1.00. The molecule has 0 amide bonds. The molecule has 0 aromatic rings. The van der Waals surface area contributed by atoms with Crippen LogP contribution in [0.5, 0.6) is 0 Å². The third-order valence-corrected chi connectivity index (χ3v) is 4.42. The van der Waals surface area contributed by atoms with E-state index in [0.29, 0.717) is 0 Å². The van der Waals surface area contributed by atoms with Crippen LogP contribution in [0.4, 0.5) is 0 Å². The molecule has 0 fully saturated rings. The fourth-order valence-electron chi connectivity index (χ4n) is 0.832. The van der Waals surface area contributed by atoms with Crippen LogP contribution in [0.2, 0.25) is 0 Å². The lowest BCUT2D eigenvalue weighted by Crippen LogP contribution is -2.42. The molecular weight excluding hydrogens is 228 g/mol. The van der Waals surface area contributed by atoms with Crippen molar-refractivity contribution in [3.63, 3.8) is 0 Å². The van der Waals surface area contributed by atoms with Gasteiger partial charge in [-0.15, -0.1) is 4.79 Å². The predicted molar refractivity (Wildman–Crippen MR) is 61.8 cm³/mol. The molecule has 0 radical (unpaired) electrons. The topological polar surface area (TPSA) is 87.6 Å². The molecule has 0 bridgehead atoms. The van der Waals surface area contributed by atoms with Crippen LogP contribution in [0, 0.1) is 5.41 Å². The largest absolute Gasteiger partial charge is 0.448 e. The lowest BCUT2D eigenvalue weighted by molar-refractivity contribution is -0.123. The SMILES string of the molecule is CC(C)(C)C(=O)C(=[N+]=[N-])S(=O)(=O)C(C)(C)C. The maximum atomic E-state index is 12.0. The van der Waals surface area contributed by atoms with Crippen molar-refractivity contribution in [2.24, 2.45) is 5.41 Å². The minimum absolute atomic E-state index is 0.690. The maximum absolute atomic E-state index is 12.0. The maximum Gasteiger partial charge on any atom is 0.448 e. The zero-order valence-electron chi connectivity index (χ0n) is 10.5. The number of hydrogen-bond donors (Lipinski definition) is 0. The summed E-state index contributed by atoms with van der Waals surface area (Å²) in [6.07, 6.45) is 0. The molecule has 5 nitrogen and oxygen atoms in total. The van der Waals surface area contributed by atoms with Crippen molar-refractivity contribution in [1.29, 1.82) is 0 Å². The van der Waals surface area contributed by atoms with Crippen LogP contribution in [0.1, 0.15) is 41.5 Å². The van der Waals surface area contributed by atoms with Crippen LogP contribution >= 0.6 is 0 Å². The van der Waals surface area contributed by atoms with Gasteiger partial charge in [0.05, 0.1) is 4.75 Å². The Bertz CT molecular complexity index is 443. The number of rotatable bonds is 1. The number of nitrogens with zero attached hydrogens (tertiary/aromatic N) is 2. The highest BCUT2D eigenvalue weighted by atomic mass is 32.2. The fourth-order valence-corrected chi connectivity index (χ4v) is 2.07.